The number of hydrogen-bond donors (Lipinski definition) is 1. The van der Waals surface area contributed by atoms with Crippen molar-refractivity contribution in [3.05, 3.63) is 59.4 Å². The van der Waals surface area contributed by atoms with Crippen molar-refractivity contribution in [2.75, 3.05) is 0 Å². The van der Waals surface area contributed by atoms with Gasteiger partial charge in [-0.1, -0.05) is 18.2 Å². The summed E-state index contributed by atoms with van der Waals surface area (Å²) in [6, 6.07) is 9.44. The number of Topliss-reactive ketones (excluding diaryl/α,β-unsaturated/α-hetero) is 1. The van der Waals surface area contributed by atoms with E-state index in [2.05, 4.69) is 0 Å². The zero-order valence-electron chi connectivity index (χ0n) is 11.2. The van der Waals surface area contributed by atoms with Gasteiger partial charge in [-0.15, -0.1) is 0 Å². The zero-order chi connectivity index (χ0) is 15.6. The lowest BCUT2D eigenvalue weighted by Gasteiger charge is -2.09. The lowest BCUT2D eigenvalue weighted by atomic mass is 10.1. The minimum absolute atomic E-state index is 0.0676. The fourth-order valence-corrected chi connectivity index (χ4v) is 3.32. The summed E-state index contributed by atoms with van der Waals surface area (Å²) in [4.78, 5) is 11.4. The van der Waals surface area contributed by atoms with Gasteiger partial charge in [0.25, 0.3) is 0 Å². The first-order valence-corrected chi connectivity index (χ1v) is 7.76. The molecule has 0 amide bonds. The number of phenolic OH excluding ortho intramolecular Hbond substituents is 1. The Balaban J connectivity index is 2.47. The van der Waals surface area contributed by atoms with Crippen molar-refractivity contribution in [2.45, 2.75) is 17.6 Å². The second-order valence-electron chi connectivity index (χ2n) is 4.59. The Morgan fingerprint density at radius 3 is 2.38 bits per heavy atom. The standard InChI is InChI=1S/C15H13FO4S/c1-10(17)14-8-12(16)7-11(15(14)18)9-21(19,20)13-5-3-2-4-6-13/h2-8,18H,9H2,1H3. The minimum Gasteiger partial charge on any atom is -0.507 e. The van der Waals surface area contributed by atoms with Crippen LogP contribution in [0.1, 0.15) is 22.8 Å². The van der Waals surface area contributed by atoms with Gasteiger partial charge < -0.3 is 5.11 Å². The van der Waals surface area contributed by atoms with E-state index in [4.69, 9.17) is 0 Å². The number of carbonyl (C=O) groups excluding carboxylic acids is 1. The molecule has 0 spiro atoms. The van der Waals surface area contributed by atoms with E-state index in [1.807, 2.05) is 0 Å². The van der Waals surface area contributed by atoms with Gasteiger partial charge in [-0.3, -0.25) is 4.79 Å². The Morgan fingerprint density at radius 2 is 1.81 bits per heavy atom. The van der Waals surface area contributed by atoms with E-state index in [9.17, 15) is 22.7 Å². The van der Waals surface area contributed by atoms with E-state index in [1.165, 1.54) is 19.1 Å². The third-order valence-electron chi connectivity index (χ3n) is 2.98. The highest BCUT2D eigenvalue weighted by atomic mass is 32.2. The Morgan fingerprint density at radius 1 is 1.19 bits per heavy atom. The lowest BCUT2D eigenvalue weighted by Crippen LogP contribution is -2.07. The molecule has 0 atom stereocenters. The van der Waals surface area contributed by atoms with Crippen LogP contribution in [0.2, 0.25) is 0 Å². The second-order valence-corrected chi connectivity index (χ2v) is 6.58. The molecule has 0 aliphatic carbocycles. The molecule has 1 N–H and O–H groups in total. The van der Waals surface area contributed by atoms with Gasteiger partial charge in [0.1, 0.15) is 11.6 Å². The predicted molar refractivity (Wildman–Crippen MR) is 75.4 cm³/mol. The monoisotopic (exact) mass is 308 g/mol. The van der Waals surface area contributed by atoms with Gasteiger partial charge in [0.2, 0.25) is 0 Å². The molecule has 110 valence electrons. The van der Waals surface area contributed by atoms with Crippen LogP contribution in [0.25, 0.3) is 0 Å². The molecule has 2 aromatic carbocycles. The Labute approximate surface area is 121 Å². The first-order chi connectivity index (χ1) is 9.81. The van der Waals surface area contributed by atoms with E-state index >= 15 is 0 Å². The van der Waals surface area contributed by atoms with Gasteiger partial charge in [-0.05, 0) is 31.2 Å². The molecule has 0 fully saturated rings. The largest absolute Gasteiger partial charge is 0.507 e. The van der Waals surface area contributed by atoms with E-state index in [0.29, 0.717) is 0 Å². The number of rotatable bonds is 4. The fraction of sp³-hybridized carbons (Fsp3) is 0.133. The molecule has 2 rings (SSSR count). The van der Waals surface area contributed by atoms with Crippen molar-refractivity contribution in [1.82, 2.24) is 0 Å². The Bertz CT molecular complexity index is 783. The summed E-state index contributed by atoms with van der Waals surface area (Å²) in [6.07, 6.45) is 0. The second kappa shape index (κ2) is 5.65. The maximum Gasteiger partial charge on any atom is 0.182 e. The number of ketones is 1. The molecule has 0 aliphatic heterocycles. The van der Waals surface area contributed by atoms with E-state index < -0.39 is 32.9 Å². The van der Waals surface area contributed by atoms with Crippen LogP contribution in [0.15, 0.2) is 47.4 Å². The van der Waals surface area contributed by atoms with Crippen LogP contribution < -0.4 is 0 Å². The highest BCUT2D eigenvalue weighted by molar-refractivity contribution is 7.90. The molecule has 6 heteroatoms. The van der Waals surface area contributed by atoms with Gasteiger partial charge in [-0.25, -0.2) is 12.8 Å². The molecule has 0 saturated heterocycles. The van der Waals surface area contributed by atoms with Gasteiger partial charge in [-0.2, -0.15) is 0 Å². The minimum atomic E-state index is -3.73. The van der Waals surface area contributed by atoms with Gasteiger partial charge in [0.15, 0.2) is 15.6 Å². The van der Waals surface area contributed by atoms with Gasteiger partial charge in [0.05, 0.1) is 16.2 Å². The predicted octanol–water partition coefficient (Wildman–Crippen LogP) is 2.71. The number of aromatic hydroxyl groups is 1. The summed E-state index contributed by atoms with van der Waals surface area (Å²) in [5.41, 5.74) is -0.364. The summed E-state index contributed by atoms with van der Waals surface area (Å²) in [5, 5.41) is 9.94. The maximum absolute atomic E-state index is 13.5. The average molecular weight is 308 g/mol. The quantitative estimate of drug-likeness (QED) is 0.882. The van der Waals surface area contributed by atoms with Crippen LogP contribution in [0.5, 0.6) is 5.75 Å². The van der Waals surface area contributed by atoms with Crippen molar-refractivity contribution in [3.63, 3.8) is 0 Å². The maximum atomic E-state index is 13.5. The number of hydrogen-bond acceptors (Lipinski definition) is 4. The first-order valence-electron chi connectivity index (χ1n) is 6.11. The Kier molecular flexibility index (Phi) is 4.09. The van der Waals surface area contributed by atoms with Crippen LogP contribution in [0.4, 0.5) is 4.39 Å². The first kappa shape index (κ1) is 15.2. The number of halogens is 1. The van der Waals surface area contributed by atoms with Crippen molar-refractivity contribution in [3.8, 4) is 5.75 Å². The molecular weight excluding hydrogens is 295 g/mol. The average Bonchev–Trinajstić information content (AvgIpc) is 2.43. The molecule has 0 aromatic heterocycles. The van der Waals surface area contributed by atoms with Crippen molar-refractivity contribution in [2.24, 2.45) is 0 Å². The SMILES string of the molecule is CC(=O)c1cc(F)cc(CS(=O)(=O)c2ccccc2)c1O. The highest BCUT2D eigenvalue weighted by Gasteiger charge is 2.21. The molecule has 2 aromatic rings. The number of phenols is 1. The van der Waals surface area contributed by atoms with E-state index in [1.54, 1.807) is 18.2 Å². The van der Waals surface area contributed by atoms with Crippen LogP contribution in [0, 0.1) is 5.82 Å². The summed E-state index contributed by atoms with van der Waals surface area (Å²) in [5.74, 6) is -2.38. The third kappa shape index (κ3) is 3.28. The molecule has 4 nitrogen and oxygen atoms in total. The topological polar surface area (TPSA) is 71.4 Å². The number of carbonyl (C=O) groups is 1. The zero-order valence-corrected chi connectivity index (χ0v) is 12.0. The highest BCUT2D eigenvalue weighted by Crippen LogP contribution is 2.28. The van der Waals surface area contributed by atoms with Crippen molar-refractivity contribution >= 4 is 15.6 Å². The summed E-state index contributed by atoms with van der Waals surface area (Å²) in [7, 11) is -3.73. The Hall–Kier alpha value is -2.21. The van der Waals surface area contributed by atoms with E-state index in [0.717, 1.165) is 12.1 Å². The molecule has 0 bridgehead atoms. The van der Waals surface area contributed by atoms with E-state index in [-0.39, 0.29) is 16.0 Å². The summed E-state index contributed by atoms with van der Waals surface area (Å²) in [6.45, 7) is 1.17. The van der Waals surface area contributed by atoms with Crippen LogP contribution >= 0.6 is 0 Å². The molecule has 0 heterocycles. The fourth-order valence-electron chi connectivity index (χ4n) is 1.95. The molecule has 0 aliphatic rings. The molecule has 0 radical (unpaired) electrons. The third-order valence-corrected chi connectivity index (χ3v) is 4.66. The molecular formula is C15H13FO4S. The van der Waals surface area contributed by atoms with Crippen LogP contribution in [-0.4, -0.2) is 19.3 Å². The smallest absolute Gasteiger partial charge is 0.182 e. The molecule has 21 heavy (non-hydrogen) atoms. The number of sulfone groups is 1. The number of benzene rings is 2. The normalized spacial score (nSPS) is 11.3. The van der Waals surface area contributed by atoms with Crippen molar-refractivity contribution < 1.29 is 22.7 Å². The molecule has 0 saturated carbocycles. The van der Waals surface area contributed by atoms with Crippen LogP contribution in [0.3, 0.4) is 0 Å². The van der Waals surface area contributed by atoms with Gasteiger partial charge >= 0.3 is 0 Å². The van der Waals surface area contributed by atoms with Crippen molar-refractivity contribution in [1.29, 1.82) is 0 Å². The summed E-state index contributed by atoms with van der Waals surface area (Å²) >= 11 is 0. The van der Waals surface area contributed by atoms with Gasteiger partial charge in [0, 0.05) is 5.56 Å². The summed E-state index contributed by atoms with van der Waals surface area (Å²) < 4.78 is 37.9. The lowest BCUT2D eigenvalue weighted by molar-refractivity contribution is 0.101. The molecule has 0 unspecified atom stereocenters. The van der Waals surface area contributed by atoms with Crippen LogP contribution in [-0.2, 0) is 15.6 Å².